The Morgan fingerprint density at radius 2 is 2.46 bits per heavy atom. The number of carbonyl (C=O) groups is 1. The molecule has 2 rings (SSSR count). The fourth-order valence-corrected chi connectivity index (χ4v) is 1.54. The molecule has 0 radical (unpaired) electrons. The third kappa shape index (κ3) is 1.91. The van der Waals surface area contributed by atoms with Gasteiger partial charge in [0.15, 0.2) is 5.96 Å². The monoisotopic (exact) mass is 182 g/mol. The van der Waals surface area contributed by atoms with Crippen molar-refractivity contribution in [3.8, 4) is 0 Å². The van der Waals surface area contributed by atoms with Gasteiger partial charge in [0.2, 0.25) is 5.91 Å². The van der Waals surface area contributed by atoms with Crippen LogP contribution in [0.3, 0.4) is 0 Å². The van der Waals surface area contributed by atoms with Gasteiger partial charge in [-0.25, -0.2) is 0 Å². The zero-order valence-electron chi connectivity index (χ0n) is 7.63. The van der Waals surface area contributed by atoms with E-state index in [9.17, 15) is 4.79 Å². The average Bonchev–Trinajstić information content (AvgIpc) is 2.62. The Kier molecular flexibility index (Phi) is 2.08. The van der Waals surface area contributed by atoms with Gasteiger partial charge in [0.05, 0.1) is 12.6 Å². The van der Waals surface area contributed by atoms with Gasteiger partial charge in [-0.05, 0) is 6.92 Å². The van der Waals surface area contributed by atoms with E-state index in [0.717, 1.165) is 12.5 Å². The van der Waals surface area contributed by atoms with Crippen molar-refractivity contribution in [2.24, 2.45) is 4.99 Å². The summed E-state index contributed by atoms with van der Waals surface area (Å²) in [5.74, 6) is 0.943. The molecule has 2 aliphatic rings. The number of nitrogens with one attached hydrogen (secondary N) is 3. The molecule has 0 aliphatic carbocycles. The molecule has 0 aromatic heterocycles. The van der Waals surface area contributed by atoms with Gasteiger partial charge in [-0.3, -0.25) is 9.79 Å². The molecule has 2 heterocycles. The largest absolute Gasteiger partial charge is 0.354 e. The van der Waals surface area contributed by atoms with Gasteiger partial charge in [-0.1, -0.05) is 0 Å². The van der Waals surface area contributed by atoms with E-state index in [1.165, 1.54) is 0 Å². The summed E-state index contributed by atoms with van der Waals surface area (Å²) in [6.45, 7) is 3.60. The minimum Gasteiger partial charge on any atom is -0.354 e. The molecular formula is C8H14N4O. The summed E-state index contributed by atoms with van der Waals surface area (Å²) < 4.78 is 0. The van der Waals surface area contributed by atoms with Gasteiger partial charge in [0.1, 0.15) is 0 Å². The summed E-state index contributed by atoms with van der Waals surface area (Å²) in [6, 6.07) is 0.608. The van der Waals surface area contributed by atoms with E-state index in [2.05, 4.69) is 27.9 Å². The highest BCUT2D eigenvalue weighted by Crippen LogP contribution is 2.00. The molecule has 5 nitrogen and oxygen atoms in total. The van der Waals surface area contributed by atoms with Crippen LogP contribution in [0.1, 0.15) is 13.3 Å². The van der Waals surface area contributed by atoms with Crippen molar-refractivity contribution in [3.05, 3.63) is 0 Å². The third-order valence-electron chi connectivity index (χ3n) is 2.22. The number of rotatable bonds is 1. The van der Waals surface area contributed by atoms with Crippen molar-refractivity contribution in [1.82, 2.24) is 16.0 Å². The molecule has 0 saturated carbocycles. The van der Waals surface area contributed by atoms with Gasteiger partial charge in [0.25, 0.3) is 0 Å². The van der Waals surface area contributed by atoms with Crippen molar-refractivity contribution in [2.45, 2.75) is 25.4 Å². The number of hydrogen-bond acceptors (Lipinski definition) is 4. The van der Waals surface area contributed by atoms with Crippen molar-refractivity contribution >= 4 is 11.9 Å². The van der Waals surface area contributed by atoms with E-state index in [0.29, 0.717) is 19.0 Å². The Labute approximate surface area is 77.0 Å². The first-order chi connectivity index (χ1) is 6.24. The zero-order chi connectivity index (χ0) is 9.26. The van der Waals surface area contributed by atoms with Crippen LogP contribution in [0.25, 0.3) is 0 Å². The molecular weight excluding hydrogens is 168 g/mol. The van der Waals surface area contributed by atoms with Crippen LogP contribution in [0.5, 0.6) is 0 Å². The molecule has 72 valence electrons. The number of nitrogens with zero attached hydrogens (tertiary/aromatic N) is 1. The minimum atomic E-state index is 0.115. The fraction of sp³-hybridized carbons (Fsp3) is 0.750. The van der Waals surface area contributed by atoms with Crippen molar-refractivity contribution in [3.63, 3.8) is 0 Å². The molecule has 3 N–H and O–H groups in total. The number of aliphatic imine (C=N–C) groups is 1. The van der Waals surface area contributed by atoms with E-state index in [4.69, 9.17) is 0 Å². The second-order valence-corrected chi connectivity index (χ2v) is 3.58. The maximum Gasteiger partial charge on any atom is 0.222 e. The van der Waals surface area contributed by atoms with Crippen molar-refractivity contribution in [2.75, 3.05) is 13.1 Å². The molecule has 0 aromatic rings. The second kappa shape index (κ2) is 3.24. The molecule has 0 bridgehead atoms. The number of hydrogen-bond donors (Lipinski definition) is 3. The summed E-state index contributed by atoms with van der Waals surface area (Å²) in [4.78, 5) is 15.1. The van der Waals surface area contributed by atoms with E-state index in [-0.39, 0.29) is 11.9 Å². The molecule has 13 heavy (non-hydrogen) atoms. The Bertz CT molecular complexity index is 251. The summed E-state index contributed by atoms with van der Waals surface area (Å²) >= 11 is 0. The second-order valence-electron chi connectivity index (χ2n) is 3.58. The lowest BCUT2D eigenvalue weighted by molar-refractivity contribution is -0.119. The lowest BCUT2D eigenvalue weighted by Crippen LogP contribution is -2.44. The molecule has 2 unspecified atom stereocenters. The van der Waals surface area contributed by atoms with Crippen LogP contribution in [0.4, 0.5) is 0 Å². The first-order valence-corrected chi connectivity index (χ1v) is 4.58. The summed E-state index contributed by atoms with van der Waals surface area (Å²) in [5, 5.41) is 9.16. The number of amides is 1. The molecule has 1 fully saturated rings. The van der Waals surface area contributed by atoms with Crippen molar-refractivity contribution < 1.29 is 4.79 Å². The SMILES string of the molecule is CC1CN=C(NC2CNC(=O)C2)N1. The summed E-state index contributed by atoms with van der Waals surface area (Å²) in [5.41, 5.74) is 0. The van der Waals surface area contributed by atoms with Gasteiger partial charge in [0, 0.05) is 19.0 Å². The highest BCUT2D eigenvalue weighted by molar-refractivity contribution is 5.84. The van der Waals surface area contributed by atoms with Gasteiger partial charge in [-0.15, -0.1) is 0 Å². The first kappa shape index (κ1) is 8.34. The number of guanidine groups is 1. The van der Waals surface area contributed by atoms with Crippen LogP contribution < -0.4 is 16.0 Å². The van der Waals surface area contributed by atoms with Gasteiger partial charge < -0.3 is 16.0 Å². The Hall–Kier alpha value is -1.26. The highest BCUT2D eigenvalue weighted by atomic mass is 16.1. The van der Waals surface area contributed by atoms with Crippen LogP contribution in [-0.2, 0) is 4.79 Å². The highest BCUT2D eigenvalue weighted by Gasteiger charge is 2.23. The minimum absolute atomic E-state index is 0.115. The third-order valence-corrected chi connectivity index (χ3v) is 2.22. The predicted octanol–water partition coefficient (Wildman–Crippen LogP) is -1.19. The zero-order valence-corrected chi connectivity index (χ0v) is 7.63. The molecule has 1 saturated heterocycles. The Morgan fingerprint density at radius 1 is 1.62 bits per heavy atom. The normalized spacial score (nSPS) is 32.4. The summed E-state index contributed by atoms with van der Waals surface area (Å²) in [7, 11) is 0. The maximum absolute atomic E-state index is 10.9. The van der Waals surface area contributed by atoms with Crippen LogP contribution in [0.2, 0.25) is 0 Å². The molecule has 0 spiro atoms. The topological polar surface area (TPSA) is 65.5 Å². The van der Waals surface area contributed by atoms with Gasteiger partial charge >= 0.3 is 0 Å². The molecule has 0 aromatic carbocycles. The van der Waals surface area contributed by atoms with Crippen LogP contribution in [0, 0.1) is 0 Å². The Balaban J connectivity index is 1.82. The lowest BCUT2D eigenvalue weighted by Gasteiger charge is -2.12. The summed E-state index contributed by atoms with van der Waals surface area (Å²) in [6.07, 6.45) is 0.551. The van der Waals surface area contributed by atoms with Crippen molar-refractivity contribution in [1.29, 1.82) is 0 Å². The standard InChI is InChI=1S/C8H14N4O/c1-5-3-10-8(11-5)12-6-2-7(13)9-4-6/h5-6H,2-4H2,1H3,(H,9,13)(H2,10,11,12). The Morgan fingerprint density at radius 3 is 3.00 bits per heavy atom. The quantitative estimate of drug-likeness (QED) is 0.478. The van der Waals surface area contributed by atoms with E-state index >= 15 is 0 Å². The average molecular weight is 182 g/mol. The molecule has 5 heteroatoms. The van der Waals surface area contributed by atoms with Crippen LogP contribution in [-0.4, -0.2) is 37.0 Å². The molecule has 2 atom stereocenters. The van der Waals surface area contributed by atoms with E-state index in [1.54, 1.807) is 0 Å². The predicted molar refractivity (Wildman–Crippen MR) is 49.5 cm³/mol. The first-order valence-electron chi connectivity index (χ1n) is 4.58. The maximum atomic E-state index is 10.9. The van der Waals surface area contributed by atoms with Crippen LogP contribution in [0.15, 0.2) is 4.99 Å². The molecule has 1 amide bonds. The fourth-order valence-electron chi connectivity index (χ4n) is 1.54. The smallest absolute Gasteiger partial charge is 0.222 e. The molecule has 2 aliphatic heterocycles. The van der Waals surface area contributed by atoms with Gasteiger partial charge in [-0.2, -0.15) is 0 Å². The van der Waals surface area contributed by atoms with E-state index in [1.807, 2.05) is 0 Å². The lowest BCUT2D eigenvalue weighted by atomic mass is 10.2. The van der Waals surface area contributed by atoms with E-state index < -0.39 is 0 Å². The van der Waals surface area contributed by atoms with Crippen LogP contribution >= 0.6 is 0 Å². The number of carbonyl (C=O) groups excluding carboxylic acids is 1.